The number of carbonyl (C=O) groups excluding carboxylic acids is 1. The van der Waals surface area contributed by atoms with Gasteiger partial charge in [0.2, 0.25) is 0 Å². The van der Waals surface area contributed by atoms with Crippen molar-refractivity contribution in [2.75, 3.05) is 0 Å². The van der Waals surface area contributed by atoms with Gasteiger partial charge in [-0.3, -0.25) is 4.79 Å². The molecule has 7 atom stereocenters. The van der Waals surface area contributed by atoms with Gasteiger partial charge in [-0.15, -0.1) is 0 Å². The summed E-state index contributed by atoms with van der Waals surface area (Å²) in [4.78, 5) is 13.6. The van der Waals surface area contributed by atoms with E-state index in [0.29, 0.717) is 18.8 Å². The zero-order valence-corrected chi connectivity index (χ0v) is 15.8. The quantitative estimate of drug-likeness (QED) is 0.554. The Balaban J connectivity index is 1.88. The minimum absolute atomic E-state index is 0.137. The van der Waals surface area contributed by atoms with Gasteiger partial charge in [0.25, 0.3) is 0 Å². The summed E-state index contributed by atoms with van der Waals surface area (Å²) in [5, 5.41) is 32.6. The molecule has 0 aliphatic heterocycles. The largest absolute Gasteiger partial charge is 0.393 e. The van der Waals surface area contributed by atoms with Crippen molar-refractivity contribution in [2.24, 2.45) is 22.7 Å². The summed E-state index contributed by atoms with van der Waals surface area (Å²) in [6, 6.07) is 0. The number of fused-ring (bicyclic) bond motifs is 5. The minimum Gasteiger partial charge on any atom is -0.393 e. The summed E-state index contributed by atoms with van der Waals surface area (Å²) in [6.07, 6.45) is 6.35. The molecule has 5 heteroatoms. The molecular weight excluding hydrogens is 334 g/mol. The van der Waals surface area contributed by atoms with Gasteiger partial charge >= 0.3 is 0 Å². The van der Waals surface area contributed by atoms with E-state index in [1.54, 1.807) is 0 Å². The van der Waals surface area contributed by atoms with E-state index >= 15 is 0 Å². The predicted molar refractivity (Wildman–Crippen MR) is 96.6 cm³/mol. The van der Waals surface area contributed by atoms with Gasteiger partial charge in [0.1, 0.15) is 10.1 Å². The van der Waals surface area contributed by atoms with Crippen LogP contribution in [0.1, 0.15) is 58.8 Å². The number of hydrogen-bond acceptors (Lipinski definition) is 5. The molecule has 136 valence electrons. The third kappa shape index (κ3) is 2.05. The van der Waals surface area contributed by atoms with Crippen LogP contribution in [0.5, 0.6) is 0 Å². The van der Waals surface area contributed by atoms with Crippen LogP contribution in [0.25, 0.3) is 0 Å². The number of nitrogens with zero attached hydrogens (tertiary/aromatic N) is 1. The number of thioether (sulfide) groups is 1. The second kappa shape index (κ2) is 5.58. The smallest absolute Gasteiger partial charge is 0.151 e. The SMILES string of the molecule is C[C@]12CCC(O)C=C1CC[C@H]1[C@@H]3CCC(O)[C@@]3(C)CC(=O)C12SC#N. The third-order valence-corrected chi connectivity index (χ3v) is 9.51. The van der Waals surface area contributed by atoms with Gasteiger partial charge < -0.3 is 10.2 Å². The van der Waals surface area contributed by atoms with Crippen molar-refractivity contribution in [3.8, 4) is 5.40 Å². The van der Waals surface area contributed by atoms with E-state index in [-0.39, 0.29) is 22.5 Å². The topological polar surface area (TPSA) is 81.3 Å². The number of aliphatic hydroxyl groups is 2. The minimum atomic E-state index is -0.722. The molecule has 3 fully saturated rings. The van der Waals surface area contributed by atoms with Crippen LogP contribution in [0, 0.1) is 33.3 Å². The third-order valence-electron chi connectivity index (χ3n) is 8.12. The lowest BCUT2D eigenvalue weighted by Gasteiger charge is -2.62. The standard InChI is InChI=1S/C20H27NO3S/c1-18-10-17(24)20(25-11-21)15(14(18)5-6-16(18)23)4-3-12-9-13(22)7-8-19(12,20)2/h9,13-16,22-23H,3-8,10H2,1-2H3/t13?,14-,15-,16?,18-,19-,20?/m0/s1. The summed E-state index contributed by atoms with van der Waals surface area (Å²) in [6.45, 7) is 4.22. The molecule has 3 unspecified atom stereocenters. The molecule has 0 radical (unpaired) electrons. The summed E-state index contributed by atoms with van der Waals surface area (Å²) >= 11 is 1.18. The first kappa shape index (κ1) is 17.6. The van der Waals surface area contributed by atoms with Crippen LogP contribution in [0.4, 0.5) is 0 Å². The summed E-state index contributed by atoms with van der Waals surface area (Å²) < 4.78 is -0.722. The fraction of sp³-hybridized carbons (Fsp3) is 0.800. The van der Waals surface area contributed by atoms with Crippen LogP contribution in [-0.2, 0) is 4.79 Å². The van der Waals surface area contributed by atoms with Gasteiger partial charge in [-0.05, 0) is 62.1 Å². The first-order valence-electron chi connectivity index (χ1n) is 9.47. The highest BCUT2D eigenvalue weighted by Crippen LogP contribution is 2.69. The van der Waals surface area contributed by atoms with Gasteiger partial charge in [-0.1, -0.05) is 25.5 Å². The lowest BCUT2D eigenvalue weighted by Crippen LogP contribution is -2.66. The molecule has 0 aromatic carbocycles. The van der Waals surface area contributed by atoms with Gasteiger partial charge in [0, 0.05) is 17.3 Å². The summed E-state index contributed by atoms with van der Waals surface area (Å²) in [5.41, 5.74) is 0.467. The van der Waals surface area contributed by atoms with Crippen LogP contribution in [0.15, 0.2) is 11.6 Å². The maximum Gasteiger partial charge on any atom is 0.151 e. The highest BCUT2D eigenvalue weighted by atomic mass is 32.2. The number of ketones is 1. The fourth-order valence-corrected chi connectivity index (χ4v) is 7.97. The Morgan fingerprint density at radius 2 is 1.96 bits per heavy atom. The van der Waals surface area contributed by atoms with E-state index in [0.717, 1.165) is 32.1 Å². The van der Waals surface area contributed by atoms with Crippen LogP contribution < -0.4 is 0 Å². The van der Waals surface area contributed by atoms with E-state index in [9.17, 15) is 20.3 Å². The van der Waals surface area contributed by atoms with Gasteiger partial charge in [0.15, 0.2) is 5.78 Å². The molecule has 0 saturated heterocycles. The molecule has 4 rings (SSSR count). The van der Waals surface area contributed by atoms with Crippen LogP contribution in [-0.4, -0.2) is 33.0 Å². The van der Waals surface area contributed by atoms with Gasteiger partial charge in [-0.25, -0.2) is 0 Å². The summed E-state index contributed by atoms with van der Waals surface area (Å²) in [5.74, 6) is 0.581. The molecule has 0 aromatic heterocycles. The Morgan fingerprint density at radius 3 is 2.68 bits per heavy atom. The first-order valence-corrected chi connectivity index (χ1v) is 10.3. The van der Waals surface area contributed by atoms with Crippen molar-refractivity contribution in [1.82, 2.24) is 0 Å². The van der Waals surface area contributed by atoms with E-state index < -0.39 is 17.0 Å². The van der Waals surface area contributed by atoms with Crippen molar-refractivity contribution in [2.45, 2.75) is 75.7 Å². The zero-order chi connectivity index (χ0) is 18.0. The van der Waals surface area contributed by atoms with Gasteiger partial charge in [0.05, 0.1) is 12.2 Å². The average molecular weight is 362 g/mol. The number of thiocyanates is 1. The summed E-state index contributed by atoms with van der Waals surface area (Å²) in [7, 11) is 0. The van der Waals surface area contributed by atoms with Crippen molar-refractivity contribution in [1.29, 1.82) is 5.26 Å². The Morgan fingerprint density at radius 1 is 1.20 bits per heavy atom. The van der Waals surface area contributed by atoms with Crippen molar-refractivity contribution in [3.63, 3.8) is 0 Å². The van der Waals surface area contributed by atoms with Crippen LogP contribution >= 0.6 is 11.8 Å². The second-order valence-corrected chi connectivity index (χ2v) is 10.0. The van der Waals surface area contributed by atoms with Gasteiger partial charge in [-0.2, -0.15) is 5.26 Å². The molecule has 4 aliphatic rings. The normalized spacial score (nSPS) is 51.8. The fourth-order valence-electron chi connectivity index (χ4n) is 6.75. The van der Waals surface area contributed by atoms with Crippen LogP contribution in [0.3, 0.4) is 0 Å². The molecule has 4 nitrogen and oxygen atoms in total. The predicted octanol–water partition coefficient (Wildman–Crippen LogP) is 3.19. The Labute approximate surface area is 153 Å². The number of aliphatic hydroxyl groups excluding tert-OH is 2. The van der Waals surface area contributed by atoms with Crippen LogP contribution in [0.2, 0.25) is 0 Å². The maximum absolute atomic E-state index is 13.6. The zero-order valence-electron chi connectivity index (χ0n) is 15.0. The average Bonchev–Trinajstić information content (AvgIpc) is 2.85. The molecule has 25 heavy (non-hydrogen) atoms. The number of Topliss-reactive ketones (excluding diaryl/α,β-unsaturated/α-hetero) is 1. The lowest BCUT2D eigenvalue weighted by atomic mass is 9.46. The molecule has 4 aliphatic carbocycles. The number of hydrogen-bond donors (Lipinski definition) is 2. The highest BCUT2D eigenvalue weighted by molar-refractivity contribution is 8.05. The van der Waals surface area contributed by atoms with Crippen molar-refractivity contribution in [3.05, 3.63) is 11.6 Å². The number of carbonyl (C=O) groups is 1. The maximum atomic E-state index is 13.6. The second-order valence-electron chi connectivity index (χ2n) is 9.01. The molecule has 0 spiro atoms. The van der Waals surface area contributed by atoms with E-state index in [2.05, 4.69) is 19.2 Å². The molecule has 0 amide bonds. The molecule has 0 aromatic rings. The van der Waals surface area contributed by atoms with E-state index in [4.69, 9.17) is 0 Å². The number of nitriles is 1. The first-order chi connectivity index (χ1) is 11.8. The van der Waals surface area contributed by atoms with E-state index in [1.807, 2.05) is 6.08 Å². The molecular formula is C20H27NO3S. The lowest BCUT2D eigenvalue weighted by molar-refractivity contribution is -0.143. The number of rotatable bonds is 1. The van der Waals surface area contributed by atoms with Crippen molar-refractivity contribution < 1.29 is 15.0 Å². The molecule has 0 bridgehead atoms. The molecule has 3 saturated carbocycles. The van der Waals surface area contributed by atoms with Crippen molar-refractivity contribution >= 4 is 17.5 Å². The monoisotopic (exact) mass is 361 g/mol. The molecule has 0 heterocycles. The molecule has 2 N–H and O–H groups in total. The highest BCUT2D eigenvalue weighted by Gasteiger charge is 2.70. The Hall–Kier alpha value is -0.830. The number of allylic oxidation sites excluding steroid dienone is 1. The van der Waals surface area contributed by atoms with E-state index in [1.165, 1.54) is 17.3 Å². The Kier molecular flexibility index (Phi) is 3.92. The Bertz CT molecular complexity index is 685.